The molecule has 33 heavy (non-hydrogen) atoms. The Morgan fingerprint density at radius 2 is 1.76 bits per heavy atom. The number of amides is 3. The summed E-state index contributed by atoms with van der Waals surface area (Å²) in [5.74, 6) is -2.15. The molecule has 0 saturated heterocycles. The van der Waals surface area contributed by atoms with Crippen LogP contribution in [0.3, 0.4) is 0 Å². The van der Waals surface area contributed by atoms with E-state index in [0.717, 1.165) is 24.2 Å². The van der Waals surface area contributed by atoms with Gasteiger partial charge in [-0.25, -0.2) is 9.69 Å². The van der Waals surface area contributed by atoms with Crippen LogP contribution >= 0.6 is 11.6 Å². The van der Waals surface area contributed by atoms with Crippen LogP contribution in [0.1, 0.15) is 63.2 Å². The number of anilines is 1. The van der Waals surface area contributed by atoms with E-state index in [-0.39, 0.29) is 22.6 Å². The van der Waals surface area contributed by atoms with Crippen LogP contribution in [0.5, 0.6) is 0 Å². The van der Waals surface area contributed by atoms with Gasteiger partial charge in [0.1, 0.15) is 0 Å². The third-order valence-corrected chi connectivity index (χ3v) is 5.95. The molecule has 1 heterocycles. The molecule has 0 atom stereocenters. The van der Waals surface area contributed by atoms with E-state index in [1.165, 1.54) is 36.6 Å². The van der Waals surface area contributed by atoms with Gasteiger partial charge in [0.15, 0.2) is 6.61 Å². The monoisotopic (exact) mass is 466 g/mol. The van der Waals surface area contributed by atoms with Crippen LogP contribution in [0.15, 0.2) is 54.1 Å². The maximum atomic E-state index is 12.8. The van der Waals surface area contributed by atoms with Crippen molar-refractivity contribution in [3.63, 3.8) is 0 Å². The van der Waals surface area contributed by atoms with Gasteiger partial charge in [0, 0.05) is 11.6 Å². The average molecular weight is 467 g/mol. The van der Waals surface area contributed by atoms with Gasteiger partial charge in [-0.1, -0.05) is 23.3 Å². The molecule has 2 aliphatic rings. The lowest BCUT2D eigenvalue weighted by Crippen LogP contribution is -2.30. The van der Waals surface area contributed by atoms with Crippen molar-refractivity contribution in [2.45, 2.75) is 32.1 Å². The molecule has 8 heteroatoms. The Bertz CT molecular complexity index is 1140. The molecule has 3 amide bonds. The minimum absolute atomic E-state index is 0.0908. The lowest BCUT2D eigenvalue weighted by atomic mass is 9.97. The number of imide groups is 1. The minimum Gasteiger partial charge on any atom is -0.452 e. The maximum Gasteiger partial charge on any atom is 0.338 e. The summed E-state index contributed by atoms with van der Waals surface area (Å²) in [5, 5.41) is 3.23. The number of hydrogen-bond acceptors (Lipinski definition) is 5. The molecule has 0 spiro atoms. The molecule has 2 aromatic carbocycles. The summed E-state index contributed by atoms with van der Waals surface area (Å²) in [4.78, 5) is 51.0. The van der Waals surface area contributed by atoms with Crippen LogP contribution in [0.2, 0.25) is 5.02 Å². The van der Waals surface area contributed by atoms with E-state index in [4.69, 9.17) is 16.3 Å². The van der Waals surface area contributed by atoms with E-state index >= 15 is 0 Å². The number of benzene rings is 2. The number of nitrogens with one attached hydrogen (secondary N) is 1. The molecule has 0 radical (unpaired) electrons. The molecule has 1 N–H and O–H groups in total. The van der Waals surface area contributed by atoms with E-state index in [9.17, 15) is 19.2 Å². The first-order chi connectivity index (χ1) is 15.9. The van der Waals surface area contributed by atoms with E-state index in [0.29, 0.717) is 17.3 Å². The Kier molecular flexibility index (Phi) is 6.89. The number of carbonyl (C=O) groups excluding carboxylic acids is 4. The van der Waals surface area contributed by atoms with Crippen molar-refractivity contribution in [2.24, 2.45) is 0 Å². The summed E-state index contributed by atoms with van der Waals surface area (Å²) in [7, 11) is 0. The first-order valence-corrected chi connectivity index (χ1v) is 11.2. The minimum atomic E-state index is -0.742. The molecule has 170 valence electrons. The Labute approximate surface area is 196 Å². The number of ether oxygens (including phenoxy) is 1. The van der Waals surface area contributed by atoms with Crippen LogP contribution in [0.25, 0.3) is 0 Å². The van der Waals surface area contributed by atoms with Gasteiger partial charge < -0.3 is 10.1 Å². The number of allylic oxidation sites excluding steroid dienone is 1. The first-order valence-electron chi connectivity index (χ1n) is 10.8. The topological polar surface area (TPSA) is 92.8 Å². The van der Waals surface area contributed by atoms with Crippen molar-refractivity contribution >= 4 is 41.0 Å². The molecule has 0 saturated carbocycles. The summed E-state index contributed by atoms with van der Waals surface area (Å²) >= 11 is 5.88. The van der Waals surface area contributed by atoms with Crippen LogP contribution in [0.4, 0.5) is 5.69 Å². The summed E-state index contributed by atoms with van der Waals surface area (Å²) < 4.78 is 5.09. The van der Waals surface area contributed by atoms with E-state index < -0.39 is 24.4 Å². The predicted octanol–water partition coefficient (Wildman–Crippen LogP) is 4.30. The quantitative estimate of drug-likeness (QED) is 0.373. The van der Waals surface area contributed by atoms with Crippen LogP contribution in [-0.2, 0) is 9.53 Å². The lowest BCUT2D eigenvalue weighted by Gasteiger charge is -2.13. The molecule has 1 aliphatic carbocycles. The second-order valence-corrected chi connectivity index (χ2v) is 8.40. The van der Waals surface area contributed by atoms with Gasteiger partial charge in [0.05, 0.1) is 22.4 Å². The summed E-state index contributed by atoms with van der Waals surface area (Å²) in [6, 6.07) is 10.5. The van der Waals surface area contributed by atoms with Gasteiger partial charge in [-0.05, 0) is 74.6 Å². The van der Waals surface area contributed by atoms with Crippen molar-refractivity contribution in [1.82, 2.24) is 5.32 Å². The van der Waals surface area contributed by atoms with Crippen molar-refractivity contribution in [3.05, 3.63) is 75.8 Å². The van der Waals surface area contributed by atoms with Crippen LogP contribution in [0, 0.1) is 0 Å². The van der Waals surface area contributed by atoms with E-state index in [1.54, 1.807) is 24.3 Å². The fourth-order valence-corrected chi connectivity index (χ4v) is 4.08. The molecule has 0 unspecified atom stereocenters. The Hall–Kier alpha value is -3.45. The molecule has 7 nitrogen and oxygen atoms in total. The zero-order chi connectivity index (χ0) is 23.4. The second-order valence-electron chi connectivity index (χ2n) is 7.97. The maximum absolute atomic E-state index is 12.8. The highest BCUT2D eigenvalue weighted by atomic mass is 35.5. The number of esters is 1. The number of fused-ring (bicyclic) bond motifs is 1. The van der Waals surface area contributed by atoms with Gasteiger partial charge in [-0.15, -0.1) is 0 Å². The lowest BCUT2D eigenvalue weighted by molar-refractivity contribution is -0.124. The highest BCUT2D eigenvalue weighted by Gasteiger charge is 2.37. The molecular weight excluding hydrogens is 444 g/mol. The van der Waals surface area contributed by atoms with Gasteiger partial charge in [0.2, 0.25) is 0 Å². The zero-order valence-corrected chi connectivity index (χ0v) is 18.7. The standard InChI is InChI=1S/C25H23ClN2O5/c26-18-7-9-19(10-8-18)28-23(30)20-11-6-17(14-21(20)24(28)31)25(32)33-15-22(29)27-13-12-16-4-2-1-3-5-16/h4,6-11,14H,1-3,5,12-13,15H2,(H,27,29). The third kappa shape index (κ3) is 5.14. The summed E-state index contributed by atoms with van der Waals surface area (Å²) in [5.41, 5.74) is 2.13. The molecule has 1 aliphatic heterocycles. The fourth-order valence-electron chi connectivity index (χ4n) is 3.95. The zero-order valence-electron chi connectivity index (χ0n) is 17.9. The van der Waals surface area contributed by atoms with Crippen molar-refractivity contribution in [1.29, 1.82) is 0 Å². The van der Waals surface area contributed by atoms with Gasteiger partial charge in [0.25, 0.3) is 17.7 Å². The molecule has 0 bridgehead atoms. The highest BCUT2D eigenvalue weighted by Crippen LogP contribution is 2.30. The van der Waals surface area contributed by atoms with Crippen LogP contribution < -0.4 is 10.2 Å². The van der Waals surface area contributed by atoms with Crippen molar-refractivity contribution < 1.29 is 23.9 Å². The number of halogens is 1. The number of nitrogens with zero attached hydrogens (tertiary/aromatic N) is 1. The summed E-state index contributed by atoms with van der Waals surface area (Å²) in [6.07, 6.45) is 7.58. The molecule has 4 rings (SSSR count). The number of rotatable bonds is 7. The van der Waals surface area contributed by atoms with E-state index in [1.807, 2.05) is 0 Å². The van der Waals surface area contributed by atoms with Crippen molar-refractivity contribution in [2.75, 3.05) is 18.1 Å². The SMILES string of the molecule is O=C(COC(=O)c1ccc2c(c1)C(=O)N(c1ccc(Cl)cc1)C2=O)NCCC1=CCCCC1. The number of carbonyl (C=O) groups is 4. The Morgan fingerprint density at radius 1 is 1.00 bits per heavy atom. The highest BCUT2D eigenvalue weighted by molar-refractivity contribution is 6.35. The molecule has 2 aromatic rings. The van der Waals surface area contributed by atoms with Gasteiger partial charge in [-0.3, -0.25) is 14.4 Å². The van der Waals surface area contributed by atoms with E-state index in [2.05, 4.69) is 11.4 Å². The molecule has 0 aromatic heterocycles. The smallest absolute Gasteiger partial charge is 0.338 e. The number of hydrogen-bond donors (Lipinski definition) is 1. The molecule has 0 fully saturated rings. The molecular formula is C25H23ClN2O5. The normalized spacial score (nSPS) is 15.2. The van der Waals surface area contributed by atoms with Gasteiger partial charge >= 0.3 is 5.97 Å². The van der Waals surface area contributed by atoms with Crippen LogP contribution in [-0.4, -0.2) is 36.8 Å². The third-order valence-electron chi connectivity index (χ3n) is 5.69. The fraction of sp³-hybridized carbons (Fsp3) is 0.280. The van der Waals surface area contributed by atoms with Gasteiger partial charge in [-0.2, -0.15) is 0 Å². The Morgan fingerprint density at radius 3 is 2.48 bits per heavy atom. The predicted molar refractivity (Wildman–Crippen MR) is 123 cm³/mol. The largest absolute Gasteiger partial charge is 0.452 e. The van der Waals surface area contributed by atoms with Crippen molar-refractivity contribution in [3.8, 4) is 0 Å². The first kappa shape index (κ1) is 22.7. The summed E-state index contributed by atoms with van der Waals surface area (Å²) in [6.45, 7) is 0.0803. The average Bonchev–Trinajstić information content (AvgIpc) is 3.08. The Balaban J connectivity index is 1.34. The second kappa shape index (κ2) is 10.0.